The molecule has 2 bridgehead atoms. The van der Waals surface area contributed by atoms with E-state index in [0.717, 1.165) is 57.6 Å². The third-order valence-electron chi connectivity index (χ3n) is 10.3. The fourth-order valence-corrected chi connectivity index (χ4v) is 8.11. The lowest BCUT2D eigenvalue weighted by molar-refractivity contribution is -0.199. The van der Waals surface area contributed by atoms with Crippen molar-refractivity contribution in [1.82, 2.24) is 4.90 Å². The zero-order valence-corrected chi connectivity index (χ0v) is 20.6. The number of esters is 1. The van der Waals surface area contributed by atoms with E-state index in [9.17, 15) is 4.79 Å². The minimum Gasteiger partial charge on any atom is -0.468 e. The topological polar surface area (TPSA) is 74.0 Å². The van der Waals surface area contributed by atoms with E-state index in [-0.39, 0.29) is 30.7 Å². The van der Waals surface area contributed by atoms with Crippen molar-refractivity contribution in [3.8, 4) is 0 Å². The third kappa shape index (κ3) is 3.66. The highest BCUT2D eigenvalue weighted by molar-refractivity contribution is 6.45. The van der Waals surface area contributed by atoms with Gasteiger partial charge in [0, 0.05) is 12.5 Å². The summed E-state index contributed by atoms with van der Waals surface area (Å²) >= 11 is 0. The summed E-state index contributed by atoms with van der Waals surface area (Å²) in [5.74, 6) is 1.73. The SMILES string of the molecule is COC(=O)[C@@]1(N)CC(CCB2O[C@H]3C[C@H]4C[C@H](C4(C)C)[C@@]3(C)O2)CC[C@H]1CN1CCCC1. The van der Waals surface area contributed by atoms with Crippen LogP contribution < -0.4 is 5.73 Å². The number of carbonyl (C=O) groups is 1. The molecule has 7 atom stereocenters. The number of ether oxygens (including phenoxy) is 1. The van der Waals surface area contributed by atoms with Gasteiger partial charge in [0.05, 0.1) is 18.8 Å². The molecule has 2 aliphatic heterocycles. The van der Waals surface area contributed by atoms with Crippen LogP contribution in [0.25, 0.3) is 0 Å². The van der Waals surface area contributed by atoms with Gasteiger partial charge in [0.25, 0.3) is 0 Å². The molecule has 6 rings (SSSR count). The molecular formula is C25H43BN2O4. The Morgan fingerprint density at radius 3 is 2.62 bits per heavy atom. The highest BCUT2D eigenvalue weighted by atomic mass is 16.7. The van der Waals surface area contributed by atoms with Crippen LogP contribution in [-0.2, 0) is 18.8 Å². The molecule has 2 N–H and O–H groups in total. The number of likely N-dealkylation sites (tertiary alicyclic amines) is 1. The first-order valence-corrected chi connectivity index (χ1v) is 13.1. The summed E-state index contributed by atoms with van der Waals surface area (Å²) in [5.41, 5.74) is 6.18. The number of rotatable bonds is 6. The molecule has 0 amide bonds. The molecule has 0 aromatic rings. The maximum atomic E-state index is 12.8. The molecule has 2 saturated heterocycles. The Morgan fingerprint density at radius 2 is 1.94 bits per heavy atom. The predicted octanol–water partition coefficient (Wildman–Crippen LogP) is 3.49. The first kappa shape index (κ1) is 23.1. The second kappa shape index (κ2) is 8.25. The van der Waals surface area contributed by atoms with E-state index in [0.29, 0.717) is 23.7 Å². The number of methoxy groups -OCH3 is 1. The lowest BCUT2D eigenvalue weighted by atomic mass is 9.43. The number of nitrogens with zero attached hydrogens (tertiary/aromatic N) is 1. The minimum atomic E-state index is -0.872. The molecule has 0 aromatic heterocycles. The van der Waals surface area contributed by atoms with Gasteiger partial charge in [0.1, 0.15) is 5.54 Å². The molecule has 32 heavy (non-hydrogen) atoms. The smallest absolute Gasteiger partial charge is 0.457 e. The zero-order chi connectivity index (χ0) is 22.7. The van der Waals surface area contributed by atoms with E-state index in [2.05, 4.69) is 25.7 Å². The third-order valence-corrected chi connectivity index (χ3v) is 10.3. The summed E-state index contributed by atoms with van der Waals surface area (Å²) in [5, 5.41) is 0. The average molecular weight is 446 g/mol. The summed E-state index contributed by atoms with van der Waals surface area (Å²) in [6, 6.07) is 0. The average Bonchev–Trinajstić information content (AvgIpc) is 3.39. The second-order valence-electron chi connectivity index (χ2n) is 12.4. The summed E-state index contributed by atoms with van der Waals surface area (Å²) in [6.45, 7) is 10.3. The predicted molar refractivity (Wildman–Crippen MR) is 125 cm³/mol. The van der Waals surface area contributed by atoms with Crippen LogP contribution in [0.15, 0.2) is 0 Å². The monoisotopic (exact) mass is 446 g/mol. The molecule has 1 unspecified atom stereocenters. The zero-order valence-electron chi connectivity index (χ0n) is 20.6. The van der Waals surface area contributed by atoms with Crippen molar-refractivity contribution in [3.63, 3.8) is 0 Å². The van der Waals surface area contributed by atoms with Gasteiger partial charge >= 0.3 is 13.1 Å². The van der Waals surface area contributed by atoms with Gasteiger partial charge in [-0.15, -0.1) is 0 Å². The van der Waals surface area contributed by atoms with Crippen LogP contribution in [0.5, 0.6) is 0 Å². The van der Waals surface area contributed by atoms with Crippen molar-refractivity contribution in [3.05, 3.63) is 0 Å². The van der Waals surface area contributed by atoms with Crippen LogP contribution >= 0.6 is 0 Å². The molecule has 6 aliphatic rings. The fraction of sp³-hybridized carbons (Fsp3) is 0.960. The Bertz CT molecular complexity index is 729. The van der Waals surface area contributed by atoms with Crippen LogP contribution in [0.4, 0.5) is 0 Å². The number of hydrogen-bond acceptors (Lipinski definition) is 6. The molecule has 4 saturated carbocycles. The first-order chi connectivity index (χ1) is 15.2. The van der Waals surface area contributed by atoms with Crippen molar-refractivity contribution in [2.45, 2.75) is 95.7 Å². The van der Waals surface area contributed by atoms with Gasteiger partial charge in [-0.3, -0.25) is 4.79 Å². The van der Waals surface area contributed by atoms with Gasteiger partial charge in [-0.2, -0.15) is 0 Å². The van der Waals surface area contributed by atoms with Gasteiger partial charge in [0.2, 0.25) is 0 Å². The van der Waals surface area contributed by atoms with Gasteiger partial charge in [-0.05, 0) is 94.4 Å². The van der Waals surface area contributed by atoms with E-state index >= 15 is 0 Å². The first-order valence-electron chi connectivity index (χ1n) is 13.1. The van der Waals surface area contributed by atoms with Crippen molar-refractivity contribution in [1.29, 1.82) is 0 Å². The van der Waals surface area contributed by atoms with Crippen molar-refractivity contribution in [2.75, 3.05) is 26.7 Å². The van der Waals surface area contributed by atoms with Gasteiger partial charge in [-0.1, -0.05) is 20.3 Å². The molecule has 6 fully saturated rings. The van der Waals surface area contributed by atoms with E-state index in [1.165, 1.54) is 26.4 Å². The van der Waals surface area contributed by atoms with Crippen LogP contribution in [0, 0.1) is 29.1 Å². The highest BCUT2D eigenvalue weighted by Gasteiger charge is 2.67. The van der Waals surface area contributed by atoms with Gasteiger partial charge < -0.3 is 24.7 Å². The van der Waals surface area contributed by atoms with Crippen LogP contribution in [0.1, 0.15) is 72.1 Å². The van der Waals surface area contributed by atoms with Crippen LogP contribution in [0.2, 0.25) is 6.32 Å². The maximum absolute atomic E-state index is 12.8. The van der Waals surface area contributed by atoms with E-state index in [4.69, 9.17) is 19.8 Å². The van der Waals surface area contributed by atoms with Crippen molar-refractivity contribution in [2.24, 2.45) is 34.8 Å². The van der Waals surface area contributed by atoms with Crippen molar-refractivity contribution < 1.29 is 18.8 Å². The number of nitrogens with two attached hydrogens (primary N) is 1. The minimum absolute atomic E-state index is 0.118. The maximum Gasteiger partial charge on any atom is 0.457 e. The lowest BCUT2D eigenvalue weighted by Crippen LogP contribution is -2.65. The molecule has 0 spiro atoms. The Balaban J connectivity index is 1.18. The lowest BCUT2D eigenvalue weighted by Gasteiger charge is -2.64. The largest absolute Gasteiger partial charge is 0.468 e. The fourth-order valence-electron chi connectivity index (χ4n) is 8.11. The molecule has 0 radical (unpaired) electrons. The summed E-state index contributed by atoms with van der Waals surface area (Å²) < 4.78 is 18.2. The normalized spacial score (nSPS) is 45.4. The van der Waals surface area contributed by atoms with Gasteiger partial charge in [-0.25, -0.2) is 0 Å². The van der Waals surface area contributed by atoms with E-state index in [1.54, 1.807) is 0 Å². The molecule has 4 aliphatic carbocycles. The Labute approximate surface area is 194 Å². The molecule has 0 aromatic carbocycles. The summed E-state index contributed by atoms with van der Waals surface area (Å²) in [7, 11) is 1.36. The van der Waals surface area contributed by atoms with Crippen LogP contribution in [-0.4, -0.2) is 62.0 Å². The quantitative estimate of drug-likeness (QED) is 0.498. The van der Waals surface area contributed by atoms with E-state index < -0.39 is 5.54 Å². The van der Waals surface area contributed by atoms with Gasteiger partial charge in [0.15, 0.2) is 0 Å². The molecule has 6 nitrogen and oxygen atoms in total. The van der Waals surface area contributed by atoms with Crippen molar-refractivity contribution >= 4 is 13.1 Å². The Hall–Kier alpha value is -0.625. The molecular weight excluding hydrogens is 403 g/mol. The molecule has 7 heteroatoms. The van der Waals surface area contributed by atoms with E-state index in [1.807, 2.05) is 0 Å². The van der Waals surface area contributed by atoms with Crippen LogP contribution in [0.3, 0.4) is 0 Å². The standard InChI is InChI=1S/C25H43BN2O4/c1-23(2)19-13-20(23)24(3)21(14-19)31-26(32-24)10-9-17-7-8-18(16-28-11-5-6-12-28)25(27,15-17)22(29)30-4/h17-21H,5-16,27H2,1-4H3/t17?,18-,19+,20+,21-,24+,25+/m0/s1. The highest BCUT2D eigenvalue weighted by Crippen LogP contribution is 2.65. The second-order valence-corrected chi connectivity index (χ2v) is 12.4. The summed E-state index contributed by atoms with van der Waals surface area (Å²) in [6.07, 6.45) is 9.89. The summed E-state index contributed by atoms with van der Waals surface area (Å²) in [4.78, 5) is 15.3. The molecule has 2 heterocycles. The Kier molecular flexibility index (Phi) is 5.96. The number of carbonyl (C=O) groups excluding carboxylic acids is 1. The molecule has 180 valence electrons. The number of hydrogen-bond donors (Lipinski definition) is 1. The Morgan fingerprint density at radius 1 is 1.19 bits per heavy atom.